The van der Waals surface area contributed by atoms with E-state index in [0.717, 1.165) is 0 Å². The predicted molar refractivity (Wildman–Crippen MR) is 27.5 cm³/mol. The van der Waals surface area contributed by atoms with Gasteiger partial charge in [0.15, 0.2) is 0 Å². The average Bonchev–Trinajstić information content (AvgIpc) is 1.60. The SMILES string of the molecule is O=[N+]([O-])O.O=[N+]([O-])[O-].[NH2][Pd][NH2]. The van der Waals surface area contributed by atoms with Crippen molar-refractivity contribution in [2.45, 2.75) is 0 Å². The van der Waals surface area contributed by atoms with Crippen LogP contribution in [0.25, 0.3) is 0 Å². The molecule has 10 nitrogen and oxygen atoms in total. The topological polar surface area (TPSA) is 182 Å². The fourth-order valence-electron chi connectivity index (χ4n) is 0. The van der Waals surface area contributed by atoms with Crippen LogP contribution in [0.4, 0.5) is 0 Å². The molecule has 0 aliphatic heterocycles. The summed E-state index contributed by atoms with van der Waals surface area (Å²) in [6.07, 6.45) is 0. The molecule has 0 aromatic heterocycles. The summed E-state index contributed by atoms with van der Waals surface area (Å²) in [6, 6.07) is 0. The van der Waals surface area contributed by atoms with E-state index in [-0.39, 0.29) is 18.5 Å². The molecule has 0 aromatic carbocycles. The molecule has 0 unspecified atom stereocenters. The van der Waals surface area contributed by atoms with Crippen molar-refractivity contribution in [2.24, 2.45) is 8.73 Å². The molecule has 11 heteroatoms. The Morgan fingerprint density at radius 3 is 1.18 bits per heavy atom. The van der Waals surface area contributed by atoms with Gasteiger partial charge in [0, 0.05) is 0 Å². The monoisotopic (exact) mass is 263 g/mol. The Hall–Kier alpha value is -1.02. The second-order valence-corrected chi connectivity index (χ2v) is 1.09. The molecule has 0 bridgehead atoms. The first-order valence-electron chi connectivity index (χ1n) is 1.48. The molecular weight excluding hydrogens is 258 g/mol. The number of nitrogens with zero attached hydrogens (tertiary/aromatic N) is 2. The molecule has 72 valence electrons. The van der Waals surface area contributed by atoms with Crippen molar-refractivity contribution in [1.29, 1.82) is 0 Å². The Morgan fingerprint density at radius 2 is 1.18 bits per heavy atom. The van der Waals surface area contributed by atoms with Gasteiger partial charge in [-0.15, -0.1) is 10.1 Å². The Bertz CT molecular complexity index is 82.8. The van der Waals surface area contributed by atoms with E-state index in [1.807, 2.05) is 0 Å². The van der Waals surface area contributed by atoms with Crippen molar-refractivity contribution in [2.75, 3.05) is 0 Å². The van der Waals surface area contributed by atoms with Gasteiger partial charge in [0.25, 0.3) is 5.09 Å². The zero-order valence-corrected chi connectivity index (χ0v) is 6.41. The first-order valence-corrected chi connectivity index (χ1v) is 3.27. The van der Waals surface area contributed by atoms with E-state index < -0.39 is 10.2 Å². The van der Waals surface area contributed by atoms with Crippen LogP contribution in [0.2, 0.25) is 0 Å². The summed E-state index contributed by atoms with van der Waals surface area (Å²) in [5, 5.41) is 28.4. The molecule has 0 saturated heterocycles. The third kappa shape index (κ3) is 423. The second-order valence-electron chi connectivity index (χ2n) is 0.567. The van der Waals surface area contributed by atoms with Gasteiger partial charge < -0.3 is 20.5 Å². The summed E-state index contributed by atoms with van der Waals surface area (Å²) in [5.74, 6) is 0. The number of hydrogen-bond donors (Lipinski definition) is 3. The quantitative estimate of drug-likeness (QED) is 0.260. The van der Waals surface area contributed by atoms with Crippen LogP contribution in [0.15, 0.2) is 0 Å². The Balaban J connectivity index is -0.0000000886. The Morgan fingerprint density at radius 1 is 1.18 bits per heavy atom. The van der Waals surface area contributed by atoms with Crippen molar-refractivity contribution < 1.29 is 33.9 Å². The molecule has 0 atom stereocenters. The van der Waals surface area contributed by atoms with Crippen molar-refractivity contribution in [1.82, 2.24) is 0 Å². The van der Waals surface area contributed by atoms with E-state index >= 15 is 0 Å². The molecule has 0 aromatic rings. The third-order valence-electron chi connectivity index (χ3n) is 0. The van der Waals surface area contributed by atoms with Gasteiger partial charge in [-0.25, -0.2) is 0 Å². The number of rotatable bonds is 0. The summed E-state index contributed by atoms with van der Waals surface area (Å²) in [7, 11) is 0. The molecule has 0 amide bonds. The van der Waals surface area contributed by atoms with Crippen LogP contribution in [-0.4, -0.2) is 15.4 Å². The predicted octanol–water partition coefficient (Wildman–Crippen LogP) is -1.77. The van der Waals surface area contributed by atoms with Crippen molar-refractivity contribution in [3.63, 3.8) is 0 Å². The molecule has 0 radical (unpaired) electrons. The van der Waals surface area contributed by atoms with Crippen LogP contribution in [-0.2, 0) is 18.5 Å². The first-order chi connectivity index (χ1) is 4.88. The third-order valence-corrected chi connectivity index (χ3v) is 0. The normalized spacial score (nSPS) is 6.36. The fourth-order valence-corrected chi connectivity index (χ4v) is 0. The van der Waals surface area contributed by atoms with Crippen LogP contribution in [0.3, 0.4) is 0 Å². The van der Waals surface area contributed by atoms with Gasteiger partial charge in [0.05, 0.1) is 5.09 Å². The van der Waals surface area contributed by atoms with Gasteiger partial charge in [0.2, 0.25) is 0 Å². The molecule has 0 aliphatic carbocycles. The molecule has 0 heterocycles. The van der Waals surface area contributed by atoms with Crippen molar-refractivity contribution in [3.05, 3.63) is 25.4 Å². The van der Waals surface area contributed by atoms with Crippen LogP contribution >= 0.6 is 0 Å². The van der Waals surface area contributed by atoms with Crippen LogP contribution in [0.5, 0.6) is 0 Å². The zero-order valence-electron chi connectivity index (χ0n) is 4.85. The fraction of sp³-hybridized carbons (Fsp3) is 0. The van der Waals surface area contributed by atoms with Crippen molar-refractivity contribution in [3.8, 4) is 0 Å². The molecule has 0 aliphatic rings. The average molecular weight is 263 g/mol. The molecular formula is H5N4O6Pd-. The van der Waals surface area contributed by atoms with Gasteiger partial charge in [-0.1, -0.05) is 0 Å². The Labute approximate surface area is 68.7 Å². The summed E-state index contributed by atoms with van der Waals surface area (Å²) in [4.78, 5) is 16.6. The maximum absolute atomic E-state index is 8.36. The molecule has 0 saturated carbocycles. The molecule has 5 N–H and O–H groups in total. The van der Waals surface area contributed by atoms with E-state index in [4.69, 9.17) is 30.6 Å². The number of hydrogen-bond acceptors (Lipinski definition) is 7. The summed E-state index contributed by atoms with van der Waals surface area (Å²) >= 11 is -0.0500. The van der Waals surface area contributed by atoms with Crippen LogP contribution < -0.4 is 8.73 Å². The maximum atomic E-state index is 8.36. The Kier molecular flexibility index (Phi) is 24.0. The summed E-state index contributed by atoms with van der Waals surface area (Å²) in [6.45, 7) is 0. The van der Waals surface area contributed by atoms with E-state index in [1.54, 1.807) is 0 Å². The molecule has 11 heavy (non-hydrogen) atoms. The minimum absolute atomic E-state index is 0.0500. The van der Waals surface area contributed by atoms with E-state index in [1.165, 1.54) is 0 Å². The van der Waals surface area contributed by atoms with E-state index in [9.17, 15) is 0 Å². The number of nitrogens with two attached hydrogens (primary N) is 2. The van der Waals surface area contributed by atoms with Gasteiger partial charge in [-0.2, -0.15) is 0 Å². The second kappa shape index (κ2) is 16.0. The van der Waals surface area contributed by atoms with Gasteiger partial charge in [-0.3, -0.25) is 0 Å². The van der Waals surface area contributed by atoms with Gasteiger partial charge >= 0.3 is 27.2 Å². The van der Waals surface area contributed by atoms with E-state index in [2.05, 4.69) is 8.73 Å². The standard InChI is InChI=1S/HNO3.NO3.2H2N.Pd/c2*2-1(3)4;;;/h(H,2,3,4);;2*1H2;/q;3*-1;+2. The minimum atomic E-state index is -1.75. The zero-order chi connectivity index (χ0) is 9.86. The van der Waals surface area contributed by atoms with Gasteiger partial charge in [0.1, 0.15) is 0 Å². The molecule has 0 rings (SSSR count). The summed E-state index contributed by atoms with van der Waals surface area (Å²) in [5.41, 5.74) is 0. The van der Waals surface area contributed by atoms with Gasteiger partial charge in [-0.05, 0) is 0 Å². The van der Waals surface area contributed by atoms with E-state index in [0.29, 0.717) is 0 Å². The van der Waals surface area contributed by atoms with Crippen LogP contribution in [0, 0.1) is 25.4 Å². The molecule has 0 fully saturated rings. The molecule has 0 spiro atoms. The first kappa shape index (κ1) is 16.5. The van der Waals surface area contributed by atoms with Crippen LogP contribution in [0.1, 0.15) is 0 Å². The summed E-state index contributed by atoms with van der Waals surface area (Å²) < 4.78 is 9.35. The van der Waals surface area contributed by atoms with Crippen molar-refractivity contribution >= 4 is 0 Å².